The molecule has 7 heteroatoms. The monoisotopic (exact) mass is 326 g/mol. The maximum absolute atomic E-state index is 13.7. The molecule has 2 atom stereocenters. The summed E-state index contributed by atoms with van der Waals surface area (Å²) in [5, 5.41) is 10.6. The Morgan fingerprint density at radius 3 is 2.30 bits per heavy atom. The van der Waals surface area contributed by atoms with Gasteiger partial charge in [0.2, 0.25) is 5.88 Å². The van der Waals surface area contributed by atoms with E-state index in [9.17, 15) is 18.3 Å². The van der Waals surface area contributed by atoms with E-state index in [0.29, 0.717) is 17.0 Å². The van der Waals surface area contributed by atoms with Gasteiger partial charge < -0.3 is 9.84 Å². The molecule has 0 unspecified atom stereocenters. The minimum absolute atomic E-state index is 0.261. The zero-order valence-corrected chi connectivity index (χ0v) is 12.9. The number of nitrogens with zero attached hydrogens (tertiary/aromatic N) is 2. The zero-order valence-electron chi connectivity index (χ0n) is 12.9. The van der Waals surface area contributed by atoms with Crippen LogP contribution in [0.2, 0.25) is 0 Å². The normalized spacial score (nSPS) is 15.8. The SMILES string of the molecule is COc1cc(C)c([C@@H](C)[C@@](O)(c2ccncc2)C(F)(F)F)cn1. The van der Waals surface area contributed by atoms with Crippen LogP contribution in [-0.4, -0.2) is 28.4 Å². The second-order valence-corrected chi connectivity index (χ2v) is 5.30. The van der Waals surface area contributed by atoms with Gasteiger partial charge in [-0.2, -0.15) is 13.2 Å². The topological polar surface area (TPSA) is 55.2 Å². The van der Waals surface area contributed by atoms with Crippen molar-refractivity contribution in [1.82, 2.24) is 9.97 Å². The predicted molar refractivity (Wildman–Crippen MR) is 78.1 cm³/mol. The van der Waals surface area contributed by atoms with Crippen LogP contribution in [0.5, 0.6) is 5.88 Å². The van der Waals surface area contributed by atoms with Crippen LogP contribution in [0.4, 0.5) is 13.2 Å². The van der Waals surface area contributed by atoms with Crippen LogP contribution in [0.3, 0.4) is 0 Å². The molecule has 124 valence electrons. The molecule has 0 radical (unpaired) electrons. The molecule has 0 bridgehead atoms. The average Bonchev–Trinajstić information content (AvgIpc) is 2.53. The van der Waals surface area contributed by atoms with Gasteiger partial charge in [0.05, 0.1) is 7.11 Å². The van der Waals surface area contributed by atoms with E-state index >= 15 is 0 Å². The fourth-order valence-corrected chi connectivity index (χ4v) is 2.60. The van der Waals surface area contributed by atoms with Gasteiger partial charge in [0.15, 0.2) is 5.60 Å². The molecular formula is C16H17F3N2O2. The van der Waals surface area contributed by atoms with Crippen LogP contribution >= 0.6 is 0 Å². The van der Waals surface area contributed by atoms with Gasteiger partial charge in [-0.3, -0.25) is 4.98 Å². The lowest BCUT2D eigenvalue weighted by Gasteiger charge is -2.37. The Balaban J connectivity index is 2.57. The first-order valence-electron chi connectivity index (χ1n) is 6.92. The van der Waals surface area contributed by atoms with Gasteiger partial charge in [-0.25, -0.2) is 4.98 Å². The molecule has 0 aromatic carbocycles. The predicted octanol–water partition coefficient (Wildman–Crippen LogP) is 3.35. The highest BCUT2D eigenvalue weighted by Gasteiger charge is 2.58. The summed E-state index contributed by atoms with van der Waals surface area (Å²) in [4.78, 5) is 7.66. The number of hydrogen-bond acceptors (Lipinski definition) is 4. The minimum Gasteiger partial charge on any atom is -0.481 e. The third kappa shape index (κ3) is 3.01. The summed E-state index contributed by atoms with van der Waals surface area (Å²) >= 11 is 0. The molecule has 1 N–H and O–H groups in total. The molecule has 2 aromatic rings. The number of hydrogen-bond donors (Lipinski definition) is 1. The van der Waals surface area contributed by atoms with Gasteiger partial charge in [0.25, 0.3) is 0 Å². The molecule has 0 saturated carbocycles. The molecule has 2 rings (SSSR count). The Kier molecular flexibility index (Phi) is 4.61. The van der Waals surface area contributed by atoms with Gasteiger partial charge in [-0.1, -0.05) is 6.92 Å². The summed E-state index contributed by atoms with van der Waals surface area (Å²) in [7, 11) is 1.42. The van der Waals surface area contributed by atoms with Crippen LogP contribution in [0.1, 0.15) is 29.5 Å². The molecule has 0 aliphatic heterocycles. The molecule has 4 nitrogen and oxygen atoms in total. The van der Waals surface area contributed by atoms with Crippen LogP contribution in [0.15, 0.2) is 36.8 Å². The first-order valence-corrected chi connectivity index (χ1v) is 6.92. The molecular weight excluding hydrogens is 309 g/mol. The van der Waals surface area contributed by atoms with Crippen LogP contribution in [0.25, 0.3) is 0 Å². The molecule has 0 aliphatic carbocycles. The second kappa shape index (κ2) is 6.16. The smallest absolute Gasteiger partial charge is 0.422 e. The van der Waals surface area contributed by atoms with E-state index in [1.54, 1.807) is 6.92 Å². The number of aryl methyl sites for hydroxylation is 1. The van der Waals surface area contributed by atoms with Crippen LogP contribution < -0.4 is 4.74 Å². The summed E-state index contributed by atoms with van der Waals surface area (Å²) in [5.41, 5.74) is -2.46. The highest BCUT2D eigenvalue weighted by molar-refractivity contribution is 5.36. The number of halogens is 3. The van der Waals surface area contributed by atoms with Crippen molar-refractivity contribution in [3.8, 4) is 5.88 Å². The molecule has 0 amide bonds. The first kappa shape index (κ1) is 17.2. The van der Waals surface area contributed by atoms with Gasteiger partial charge >= 0.3 is 6.18 Å². The first-order chi connectivity index (χ1) is 10.7. The van der Waals surface area contributed by atoms with E-state index in [2.05, 4.69) is 9.97 Å². The van der Waals surface area contributed by atoms with Crippen molar-refractivity contribution in [1.29, 1.82) is 0 Å². The highest BCUT2D eigenvalue weighted by atomic mass is 19.4. The number of aliphatic hydroxyl groups is 1. The fraction of sp³-hybridized carbons (Fsp3) is 0.375. The van der Waals surface area contributed by atoms with Crippen molar-refractivity contribution in [2.45, 2.75) is 31.5 Å². The standard InChI is InChI=1S/C16H17F3N2O2/c1-10-8-14(23-3)21-9-13(10)11(2)15(22,16(17,18)19)12-4-6-20-7-5-12/h4-9,11,22H,1-3H3/t11-,15-/m1/s1. The number of alkyl halides is 3. The quantitative estimate of drug-likeness (QED) is 0.936. The Hall–Kier alpha value is -2.15. The Labute approximate surface area is 132 Å². The van der Waals surface area contributed by atoms with Gasteiger partial charge in [0.1, 0.15) is 0 Å². The molecule has 2 aromatic heterocycles. The van der Waals surface area contributed by atoms with Crippen molar-refractivity contribution in [3.05, 3.63) is 53.5 Å². The lowest BCUT2D eigenvalue weighted by molar-refractivity contribution is -0.274. The van der Waals surface area contributed by atoms with Gasteiger partial charge in [-0.05, 0) is 35.7 Å². The molecule has 2 heterocycles. The zero-order chi connectivity index (χ0) is 17.3. The number of pyridine rings is 2. The number of aromatic nitrogens is 2. The number of methoxy groups -OCH3 is 1. The van der Waals surface area contributed by atoms with E-state index in [1.807, 2.05) is 0 Å². The molecule has 0 saturated heterocycles. The fourth-order valence-electron chi connectivity index (χ4n) is 2.60. The van der Waals surface area contributed by atoms with E-state index in [1.165, 1.54) is 38.7 Å². The molecule has 23 heavy (non-hydrogen) atoms. The maximum atomic E-state index is 13.7. The maximum Gasteiger partial charge on any atom is 0.422 e. The van der Waals surface area contributed by atoms with Crippen molar-refractivity contribution in [2.75, 3.05) is 7.11 Å². The minimum atomic E-state index is -4.86. The lowest BCUT2D eigenvalue weighted by Crippen LogP contribution is -2.46. The van der Waals surface area contributed by atoms with Crippen molar-refractivity contribution in [3.63, 3.8) is 0 Å². The summed E-state index contributed by atoms with van der Waals surface area (Å²) in [6.45, 7) is 2.98. The summed E-state index contributed by atoms with van der Waals surface area (Å²) in [6.07, 6.45) is -1.12. The molecule has 0 aliphatic rings. The molecule has 0 fully saturated rings. The van der Waals surface area contributed by atoms with E-state index in [4.69, 9.17) is 4.74 Å². The van der Waals surface area contributed by atoms with Crippen molar-refractivity contribution < 1.29 is 23.0 Å². The molecule has 0 spiro atoms. The Morgan fingerprint density at radius 2 is 1.83 bits per heavy atom. The number of ether oxygens (including phenoxy) is 1. The van der Waals surface area contributed by atoms with Gasteiger partial charge in [0, 0.05) is 30.6 Å². The van der Waals surface area contributed by atoms with Crippen LogP contribution in [0, 0.1) is 6.92 Å². The highest BCUT2D eigenvalue weighted by Crippen LogP contribution is 2.48. The summed E-state index contributed by atoms with van der Waals surface area (Å²) < 4.78 is 46.0. The second-order valence-electron chi connectivity index (χ2n) is 5.30. The largest absolute Gasteiger partial charge is 0.481 e. The average molecular weight is 326 g/mol. The van der Waals surface area contributed by atoms with E-state index in [0.717, 1.165) is 12.1 Å². The number of rotatable bonds is 4. The lowest BCUT2D eigenvalue weighted by atomic mass is 9.77. The van der Waals surface area contributed by atoms with Crippen molar-refractivity contribution >= 4 is 0 Å². The third-order valence-corrected chi connectivity index (χ3v) is 3.98. The van der Waals surface area contributed by atoms with Crippen molar-refractivity contribution in [2.24, 2.45) is 0 Å². The van der Waals surface area contributed by atoms with Crippen LogP contribution in [-0.2, 0) is 5.60 Å². The van der Waals surface area contributed by atoms with E-state index in [-0.39, 0.29) is 5.56 Å². The third-order valence-electron chi connectivity index (χ3n) is 3.98. The Bertz CT molecular complexity index is 677. The van der Waals surface area contributed by atoms with Gasteiger partial charge in [-0.15, -0.1) is 0 Å². The summed E-state index contributed by atoms with van der Waals surface area (Å²) in [6, 6.07) is 3.86. The van der Waals surface area contributed by atoms with E-state index < -0.39 is 17.7 Å². The Morgan fingerprint density at radius 1 is 1.22 bits per heavy atom. The summed E-state index contributed by atoms with van der Waals surface area (Å²) in [5.74, 6) is -0.957.